The smallest absolute Gasteiger partial charge is 0.282 e. The van der Waals surface area contributed by atoms with E-state index in [1.165, 1.54) is 6.07 Å². The highest BCUT2D eigenvalue weighted by atomic mass is 35.5. The Balaban J connectivity index is 2.47. The van der Waals surface area contributed by atoms with Crippen molar-refractivity contribution in [2.24, 2.45) is 0 Å². The van der Waals surface area contributed by atoms with Crippen LogP contribution in [0.25, 0.3) is 0 Å². The van der Waals surface area contributed by atoms with Crippen LogP contribution in [0.3, 0.4) is 0 Å². The highest BCUT2D eigenvalue weighted by Crippen LogP contribution is 2.21. The fourth-order valence-electron chi connectivity index (χ4n) is 1.47. The summed E-state index contributed by atoms with van der Waals surface area (Å²) in [5.74, 6) is 0. The lowest BCUT2D eigenvalue weighted by molar-refractivity contribution is 0.481. The van der Waals surface area contributed by atoms with Crippen molar-refractivity contribution in [3.63, 3.8) is 0 Å². The van der Waals surface area contributed by atoms with Crippen LogP contribution < -0.4 is 0 Å². The van der Waals surface area contributed by atoms with Crippen molar-refractivity contribution >= 4 is 21.7 Å². The molecule has 1 N–H and O–H groups in total. The first kappa shape index (κ1) is 12.1. The monoisotopic (exact) mass is 272 g/mol. The lowest BCUT2D eigenvalue weighted by Crippen LogP contribution is -2.07. The molecule has 0 radical (unpaired) electrons. The van der Waals surface area contributed by atoms with Gasteiger partial charge in [0.1, 0.15) is 4.90 Å². The number of rotatable bonds is 3. The highest BCUT2D eigenvalue weighted by Gasteiger charge is 2.16. The molecule has 7 heteroatoms. The van der Waals surface area contributed by atoms with Crippen LogP contribution in [0.1, 0.15) is 5.56 Å². The SMILES string of the molecule is O=S(=O)(O)c1cc(Cl)ccc1Cn1cccn1. The lowest BCUT2D eigenvalue weighted by Gasteiger charge is -2.07. The molecule has 1 aromatic carbocycles. The standard InChI is InChI=1S/C10H9ClN2O3S/c11-9-3-2-8(7-13-5-1-4-12-13)10(6-9)17(14,15)16/h1-6H,7H2,(H,14,15,16). The molecule has 1 aromatic heterocycles. The average molecular weight is 273 g/mol. The predicted molar refractivity (Wildman–Crippen MR) is 62.6 cm³/mol. The summed E-state index contributed by atoms with van der Waals surface area (Å²) in [6.45, 7) is 0.249. The second-order valence-corrected chi connectivity index (χ2v) is 5.26. The van der Waals surface area contributed by atoms with Gasteiger partial charge in [0.2, 0.25) is 0 Å². The summed E-state index contributed by atoms with van der Waals surface area (Å²) in [5.41, 5.74) is 0.431. The molecule has 2 aromatic rings. The van der Waals surface area contributed by atoms with E-state index in [0.717, 1.165) is 0 Å². The van der Waals surface area contributed by atoms with Crippen LogP contribution in [0.5, 0.6) is 0 Å². The maximum absolute atomic E-state index is 11.2. The third-order valence-corrected chi connectivity index (χ3v) is 3.37. The van der Waals surface area contributed by atoms with Gasteiger partial charge in [-0.2, -0.15) is 13.5 Å². The van der Waals surface area contributed by atoms with Crippen molar-refractivity contribution in [1.29, 1.82) is 0 Å². The number of hydrogen-bond donors (Lipinski definition) is 1. The molecule has 0 fully saturated rings. The Bertz CT molecular complexity index is 623. The average Bonchev–Trinajstić information content (AvgIpc) is 2.72. The molecule has 0 saturated heterocycles. The summed E-state index contributed by atoms with van der Waals surface area (Å²) in [6.07, 6.45) is 3.28. The zero-order valence-corrected chi connectivity index (χ0v) is 10.2. The van der Waals surface area contributed by atoms with E-state index in [1.54, 1.807) is 35.3 Å². The normalized spacial score (nSPS) is 11.6. The lowest BCUT2D eigenvalue weighted by atomic mass is 10.2. The summed E-state index contributed by atoms with van der Waals surface area (Å²) < 4.78 is 33.1. The molecule has 0 atom stereocenters. The summed E-state index contributed by atoms with van der Waals surface area (Å²) >= 11 is 5.71. The number of benzene rings is 1. The number of hydrogen-bond acceptors (Lipinski definition) is 3. The molecule has 0 aliphatic rings. The molecule has 17 heavy (non-hydrogen) atoms. The van der Waals surface area contributed by atoms with Gasteiger partial charge in [0.05, 0.1) is 6.54 Å². The van der Waals surface area contributed by atoms with Crippen molar-refractivity contribution < 1.29 is 13.0 Å². The number of aromatic nitrogens is 2. The van der Waals surface area contributed by atoms with Crippen molar-refractivity contribution in [3.8, 4) is 0 Å². The van der Waals surface area contributed by atoms with E-state index in [1.807, 2.05) is 0 Å². The van der Waals surface area contributed by atoms with E-state index < -0.39 is 10.1 Å². The molecule has 0 bridgehead atoms. The van der Waals surface area contributed by atoms with E-state index in [0.29, 0.717) is 5.56 Å². The maximum Gasteiger partial charge on any atom is 0.294 e. The maximum atomic E-state index is 11.2. The quantitative estimate of drug-likeness (QED) is 0.865. The van der Waals surface area contributed by atoms with E-state index in [4.69, 9.17) is 16.2 Å². The predicted octanol–water partition coefficient (Wildman–Crippen LogP) is 1.83. The summed E-state index contributed by atoms with van der Waals surface area (Å²) in [6, 6.07) is 6.06. The number of nitrogens with zero attached hydrogens (tertiary/aromatic N) is 2. The van der Waals surface area contributed by atoms with Gasteiger partial charge >= 0.3 is 0 Å². The van der Waals surface area contributed by atoms with Gasteiger partial charge in [0.15, 0.2) is 0 Å². The summed E-state index contributed by atoms with van der Waals surface area (Å²) in [5, 5.41) is 4.22. The minimum atomic E-state index is -4.28. The van der Waals surface area contributed by atoms with Crippen LogP contribution in [0.15, 0.2) is 41.6 Å². The number of halogens is 1. The van der Waals surface area contributed by atoms with Crippen LogP contribution >= 0.6 is 11.6 Å². The molecule has 0 amide bonds. The van der Waals surface area contributed by atoms with Gasteiger partial charge in [-0.3, -0.25) is 9.23 Å². The van der Waals surface area contributed by atoms with Crippen molar-refractivity contribution in [3.05, 3.63) is 47.2 Å². The van der Waals surface area contributed by atoms with E-state index in [2.05, 4.69) is 5.10 Å². The van der Waals surface area contributed by atoms with Crippen LogP contribution in [0, 0.1) is 0 Å². The minimum Gasteiger partial charge on any atom is -0.282 e. The third-order valence-electron chi connectivity index (χ3n) is 2.20. The molecule has 0 aliphatic heterocycles. The van der Waals surface area contributed by atoms with Crippen LogP contribution in [-0.2, 0) is 16.7 Å². The largest absolute Gasteiger partial charge is 0.294 e. The molecular weight excluding hydrogens is 264 g/mol. The Kier molecular flexibility index (Phi) is 3.19. The van der Waals surface area contributed by atoms with Crippen molar-refractivity contribution in [2.75, 3.05) is 0 Å². The molecule has 2 rings (SSSR count). The Morgan fingerprint density at radius 1 is 1.41 bits per heavy atom. The Labute approximate surface area is 103 Å². The van der Waals surface area contributed by atoms with Gasteiger partial charge in [-0.05, 0) is 23.8 Å². The molecule has 90 valence electrons. The molecule has 0 aliphatic carbocycles. The Hall–Kier alpha value is -1.37. The van der Waals surface area contributed by atoms with Gasteiger partial charge in [0, 0.05) is 17.4 Å². The van der Waals surface area contributed by atoms with Gasteiger partial charge < -0.3 is 0 Å². The van der Waals surface area contributed by atoms with E-state index in [9.17, 15) is 8.42 Å². The zero-order valence-electron chi connectivity index (χ0n) is 8.62. The first-order valence-electron chi connectivity index (χ1n) is 4.70. The second kappa shape index (κ2) is 4.48. The first-order valence-corrected chi connectivity index (χ1v) is 6.52. The van der Waals surface area contributed by atoms with E-state index in [-0.39, 0.29) is 16.5 Å². The van der Waals surface area contributed by atoms with Crippen LogP contribution in [0.4, 0.5) is 0 Å². The van der Waals surface area contributed by atoms with Crippen molar-refractivity contribution in [2.45, 2.75) is 11.4 Å². The zero-order chi connectivity index (χ0) is 12.5. The van der Waals surface area contributed by atoms with Gasteiger partial charge in [0.25, 0.3) is 10.1 Å². The topological polar surface area (TPSA) is 72.2 Å². The van der Waals surface area contributed by atoms with Gasteiger partial charge in [-0.1, -0.05) is 17.7 Å². The molecule has 0 saturated carbocycles. The highest BCUT2D eigenvalue weighted by molar-refractivity contribution is 7.85. The molecule has 0 unspecified atom stereocenters. The third kappa shape index (κ3) is 2.85. The minimum absolute atomic E-state index is 0.194. The second-order valence-electron chi connectivity index (χ2n) is 3.43. The summed E-state index contributed by atoms with van der Waals surface area (Å²) in [7, 11) is -4.28. The molecule has 0 spiro atoms. The fraction of sp³-hybridized carbons (Fsp3) is 0.100. The molecular formula is C10H9ClN2O3S. The summed E-state index contributed by atoms with van der Waals surface area (Å²) in [4.78, 5) is -0.194. The van der Waals surface area contributed by atoms with Crippen molar-refractivity contribution in [1.82, 2.24) is 9.78 Å². The van der Waals surface area contributed by atoms with Gasteiger partial charge in [-0.25, -0.2) is 0 Å². The Morgan fingerprint density at radius 3 is 2.76 bits per heavy atom. The Morgan fingerprint density at radius 2 is 2.18 bits per heavy atom. The van der Waals surface area contributed by atoms with Crippen LogP contribution in [-0.4, -0.2) is 22.8 Å². The molecule has 1 heterocycles. The molecule has 5 nitrogen and oxygen atoms in total. The first-order chi connectivity index (χ1) is 7.97. The van der Waals surface area contributed by atoms with Crippen LogP contribution in [0.2, 0.25) is 5.02 Å². The fourth-order valence-corrected chi connectivity index (χ4v) is 2.44. The van der Waals surface area contributed by atoms with E-state index >= 15 is 0 Å². The van der Waals surface area contributed by atoms with Gasteiger partial charge in [-0.15, -0.1) is 0 Å².